The Morgan fingerprint density at radius 1 is 0.968 bits per heavy atom. The SMILES string of the molecule is COc1cc(/C=N/N(C)C)ccc1OCC(O)Cn1c2ccccc2c2ccccc21. The van der Waals surface area contributed by atoms with Gasteiger partial charge in [-0.1, -0.05) is 36.4 Å². The smallest absolute Gasteiger partial charge is 0.161 e. The van der Waals surface area contributed by atoms with Gasteiger partial charge in [0.05, 0.1) is 19.9 Å². The molecular weight excluding hydrogens is 390 g/mol. The third-order valence-corrected chi connectivity index (χ3v) is 5.13. The Bertz CT molecular complexity index is 1160. The lowest BCUT2D eigenvalue weighted by atomic mass is 10.2. The standard InChI is InChI=1S/C25H27N3O3/c1-27(2)26-15-18-12-13-24(25(14-18)30-3)31-17-19(29)16-28-22-10-6-4-8-20(22)21-9-5-7-11-23(21)28/h4-15,19,29H,16-17H2,1-3H3/b26-15+. The van der Waals surface area contributed by atoms with Crippen LogP contribution in [-0.4, -0.2) is 54.8 Å². The van der Waals surface area contributed by atoms with E-state index in [1.165, 1.54) is 10.8 Å². The summed E-state index contributed by atoms with van der Waals surface area (Å²) < 4.78 is 13.5. The van der Waals surface area contributed by atoms with E-state index in [9.17, 15) is 5.11 Å². The second kappa shape index (κ2) is 9.10. The van der Waals surface area contributed by atoms with E-state index in [0.29, 0.717) is 18.0 Å². The van der Waals surface area contributed by atoms with Crippen molar-refractivity contribution in [1.82, 2.24) is 9.58 Å². The first kappa shape index (κ1) is 20.8. The Kier molecular flexibility index (Phi) is 6.09. The van der Waals surface area contributed by atoms with E-state index >= 15 is 0 Å². The minimum absolute atomic E-state index is 0.155. The molecule has 1 N–H and O–H groups in total. The van der Waals surface area contributed by atoms with Crippen LogP contribution in [0.1, 0.15) is 5.56 Å². The molecule has 1 heterocycles. The van der Waals surface area contributed by atoms with Crippen molar-refractivity contribution in [2.24, 2.45) is 5.10 Å². The maximum atomic E-state index is 10.8. The average Bonchev–Trinajstić information content (AvgIpc) is 3.10. The molecule has 0 aliphatic rings. The lowest BCUT2D eigenvalue weighted by Crippen LogP contribution is -2.23. The van der Waals surface area contributed by atoms with Crippen molar-refractivity contribution >= 4 is 28.0 Å². The van der Waals surface area contributed by atoms with Crippen molar-refractivity contribution in [3.63, 3.8) is 0 Å². The van der Waals surface area contributed by atoms with Crippen LogP contribution in [0.3, 0.4) is 0 Å². The van der Waals surface area contributed by atoms with Crippen molar-refractivity contribution in [2.75, 3.05) is 27.8 Å². The minimum atomic E-state index is -0.682. The van der Waals surface area contributed by atoms with Gasteiger partial charge in [0.15, 0.2) is 11.5 Å². The molecule has 0 aliphatic heterocycles. The number of benzene rings is 3. The predicted molar refractivity (Wildman–Crippen MR) is 125 cm³/mol. The number of methoxy groups -OCH3 is 1. The van der Waals surface area contributed by atoms with Crippen LogP contribution in [0.5, 0.6) is 11.5 Å². The number of aliphatic hydroxyl groups is 1. The number of fused-ring (bicyclic) bond motifs is 3. The monoisotopic (exact) mass is 417 g/mol. The zero-order chi connectivity index (χ0) is 21.8. The fraction of sp³-hybridized carbons (Fsp3) is 0.240. The van der Waals surface area contributed by atoms with Gasteiger partial charge in [0, 0.05) is 35.9 Å². The van der Waals surface area contributed by atoms with Crippen LogP contribution in [0, 0.1) is 0 Å². The van der Waals surface area contributed by atoms with Gasteiger partial charge < -0.3 is 24.2 Å². The molecule has 0 amide bonds. The van der Waals surface area contributed by atoms with Crippen LogP contribution < -0.4 is 9.47 Å². The molecule has 0 radical (unpaired) electrons. The molecular formula is C25H27N3O3. The van der Waals surface area contributed by atoms with Gasteiger partial charge in [0.25, 0.3) is 0 Å². The maximum Gasteiger partial charge on any atom is 0.161 e. The van der Waals surface area contributed by atoms with Crippen LogP contribution in [0.25, 0.3) is 21.8 Å². The molecule has 0 saturated carbocycles. The highest BCUT2D eigenvalue weighted by Crippen LogP contribution is 2.30. The molecule has 1 atom stereocenters. The van der Waals surface area contributed by atoms with Gasteiger partial charge in [-0.05, 0) is 35.9 Å². The van der Waals surface area contributed by atoms with Gasteiger partial charge in [-0.3, -0.25) is 0 Å². The molecule has 4 aromatic rings. The molecule has 0 spiro atoms. The number of hydrogen-bond acceptors (Lipinski definition) is 5. The molecule has 31 heavy (non-hydrogen) atoms. The van der Waals surface area contributed by atoms with Crippen molar-refractivity contribution in [3.05, 3.63) is 72.3 Å². The summed E-state index contributed by atoms with van der Waals surface area (Å²) >= 11 is 0. The molecule has 6 heteroatoms. The third kappa shape index (κ3) is 4.49. The van der Waals surface area contributed by atoms with E-state index in [1.54, 1.807) is 18.3 Å². The maximum absolute atomic E-state index is 10.8. The highest BCUT2D eigenvalue weighted by molar-refractivity contribution is 6.07. The lowest BCUT2D eigenvalue weighted by molar-refractivity contribution is 0.0930. The van der Waals surface area contributed by atoms with Gasteiger partial charge in [-0.2, -0.15) is 5.10 Å². The van der Waals surface area contributed by atoms with Crippen molar-refractivity contribution in [3.8, 4) is 11.5 Å². The number of para-hydroxylation sites is 2. The Morgan fingerprint density at radius 2 is 1.61 bits per heavy atom. The highest BCUT2D eigenvalue weighted by Gasteiger charge is 2.15. The molecule has 3 aromatic carbocycles. The molecule has 0 fully saturated rings. The molecule has 160 valence electrons. The van der Waals surface area contributed by atoms with Gasteiger partial charge in [0.2, 0.25) is 0 Å². The summed E-state index contributed by atoms with van der Waals surface area (Å²) in [5.74, 6) is 1.19. The summed E-state index contributed by atoms with van der Waals surface area (Å²) in [5.41, 5.74) is 3.11. The number of aliphatic hydroxyl groups excluding tert-OH is 1. The third-order valence-electron chi connectivity index (χ3n) is 5.13. The summed E-state index contributed by atoms with van der Waals surface area (Å²) in [6.45, 7) is 0.590. The van der Waals surface area contributed by atoms with Crippen molar-refractivity contribution in [2.45, 2.75) is 12.6 Å². The van der Waals surface area contributed by atoms with Crippen LogP contribution in [0.2, 0.25) is 0 Å². The number of hydrazone groups is 1. The first-order valence-electron chi connectivity index (χ1n) is 10.2. The van der Waals surface area contributed by atoms with E-state index in [2.05, 4.69) is 33.9 Å². The highest BCUT2D eigenvalue weighted by atomic mass is 16.5. The van der Waals surface area contributed by atoms with Gasteiger partial charge in [0.1, 0.15) is 12.7 Å². The van der Waals surface area contributed by atoms with E-state index in [-0.39, 0.29) is 6.61 Å². The fourth-order valence-corrected chi connectivity index (χ4v) is 3.72. The Labute approximate surface area is 181 Å². The van der Waals surface area contributed by atoms with Crippen LogP contribution in [0.4, 0.5) is 0 Å². The van der Waals surface area contributed by atoms with E-state index in [1.807, 2.05) is 56.6 Å². The van der Waals surface area contributed by atoms with Crippen molar-refractivity contribution < 1.29 is 14.6 Å². The van der Waals surface area contributed by atoms with E-state index in [4.69, 9.17) is 9.47 Å². The average molecular weight is 418 g/mol. The molecule has 6 nitrogen and oxygen atoms in total. The zero-order valence-electron chi connectivity index (χ0n) is 18.0. The first-order chi connectivity index (χ1) is 15.1. The summed E-state index contributed by atoms with van der Waals surface area (Å²) in [7, 11) is 5.33. The van der Waals surface area contributed by atoms with E-state index < -0.39 is 6.10 Å². The van der Waals surface area contributed by atoms with Crippen LogP contribution >= 0.6 is 0 Å². The number of aromatic nitrogens is 1. The Balaban J connectivity index is 1.50. The van der Waals surface area contributed by atoms with Gasteiger partial charge >= 0.3 is 0 Å². The summed E-state index contributed by atoms with van der Waals surface area (Å²) in [6, 6.07) is 22.1. The summed E-state index contributed by atoms with van der Waals surface area (Å²) in [4.78, 5) is 0. The molecule has 1 aromatic heterocycles. The topological polar surface area (TPSA) is 59.2 Å². The quantitative estimate of drug-likeness (QED) is 0.346. The predicted octanol–water partition coefficient (Wildman–Crippen LogP) is 4.14. The van der Waals surface area contributed by atoms with Crippen LogP contribution in [0.15, 0.2) is 71.8 Å². The number of nitrogens with zero attached hydrogens (tertiary/aromatic N) is 3. The van der Waals surface area contributed by atoms with Gasteiger partial charge in [-0.15, -0.1) is 0 Å². The summed E-state index contributed by atoms with van der Waals surface area (Å²) in [6.07, 6.45) is 1.07. The molecule has 0 bridgehead atoms. The molecule has 1 unspecified atom stereocenters. The fourth-order valence-electron chi connectivity index (χ4n) is 3.72. The number of rotatable bonds is 8. The van der Waals surface area contributed by atoms with Crippen LogP contribution in [-0.2, 0) is 6.54 Å². The molecule has 4 rings (SSSR count). The van der Waals surface area contributed by atoms with Gasteiger partial charge in [-0.25, -0.2) is 0 Å². The second-order valence-corrected chi connectivity index (χ2v) is 7.61. The molecule has 0 aliphatic carbocycles. The Hall–Kier alpha value is -3.51. The lowest BCUT2D eigenvalue weighted by Gasteiger charge is -2.16. The minimum Gasteiger partial charge on any atom is -0.493 e. The van der Waals surface area contributed by atoms with E-state index in [0.717, 1.165) is 16.6 Å². The number of ether oxygens (including phenoxy) is 2. The molecule has 0 saturated heterocycles. The normalized spacial score (nSPS) is 12.5. The largest absolute Gasteiger partial charge is 0.493 e. The summed E-state index contributed by atoms with van der Waals surface area (Å²) in [5, 5.41) is 19.1. The second-order valence-electron chi connectivity index (χ2n) is 7.61. The Morgan fingerprint density at radius 3 is 2.23 bits per heavy atom. The van der Waals surface area contributed by atoms with Crippen molar-refractivity contribution in [1.29, 1.82) is 0 Å². The first-order valence-corrected chi connectivity index (χ1v) is 10.2. The number of hydrogen-bond donors (Lipinski definition) is 1. The zero-order valence-corrected chi connectivity index (χ0v) is 18.0.